The molecule has 4 rings (SSSR count). The zero-order valence-electron chi connectivity index (χ0n) is 14.6. The summed E-state index contributed by atoms with van der Waals surface area (Å²) in [6.45, 7) is 5.56. The van der Waals surface area contributed by atoms with Crippen LogP contribution >= 0.6 is 0 Å². The molecule has 7 heteroatoms. The Morgan fingerprint density at radius 2 is 1.85 bits per heavy atom. The molecule has 0 bridgehead atoms. The highest BCUT2D eigenvalue weighted by atomic mass is 19.1. The summed E-state index contributed by atoms with van der Waals surface area (Å²) < 4.78 is 20.3. The lowest BCUT2D eigenvalue weighted by molar-refractivity contribution is 0.122. The molecule has 0 saturated carbocycles. The number of hydrogen-bond donors (Lipinski definition) is 0. The Hall–Kier alpha value is -2.80. The Labute approximate surface area is 151 Å². The molecule has 0 radical (unpaired) electrons. The van der Waals surface area contributed by atoms with E-state index in [1.165, 1.54) is 12.1 Å². The summed E-state index contributed by atoms with van der Waals surface area (Å²) in [5.41, 5.74) is 1.88. The normalized spacial score (nSPS) is 14.6. The third-order valence-electron chi connectivity index (χ3n) is 4.36. The molecule has 26 heavy (non-hydrogen) atoms. The van der Waals surface area contributed by atoms with E-state index in [9.17, 15) is 4.39 Å². The highest BCUT2D eigenvalue weighted by molar-refractivity contribution is 5.57. The molecule has 6 nitrogen and oxygen atoms in total. The molecule has 0 unspecified atom stereocenters. The molecule has 3 heterocycles. The zero-order chi connectivity index (χ0) is 17.9. The van der Waals surface area contributed by atoms with Crippen LogP contribution in [-0.2, 0) is 11.3 Å². The summed E-state index contributed by atoms with van der Waals surface area (Å²) in [5.74, 6) is 2.15. The predicted octanol–water partition coefficient (Wildman–Crippen LogP) is 2.67. The molecule has 0 atom stereocenters. The van der Waals surface area contributed by atoms with Crippen LogP contribution in [0.2, 0.25) is 0 Å². The molecule has 0 amide bonds. The molecule has 2 aromatic heterocycles. The summed E-state index contributed by atoms with van der Waals surface area (Å²) in [6, 6.07) is 10.5. The van der Waals surface area contributed by atoms with E-state index >= 15 is 0 Å². The van der Waals surface area contributed by atoms with Gasteiger partial charge < -0.3 is 9.64 Å². The van der Waals surface area contributed by atoms with Crippen molar-refractivity contribution in [2.24, 2.45) is 0 Å². The number of benzene rings is 1. The number of hydrogen-bond acceptors (Lipinski definition) is 5. The average Bonchev–Trinajstić information content (AvgIpc) is 3.05. The number of nitrogens with zero attached hydrogens (tertiary/aromatic N) is 5. The highest BCUT2D eigenvalue weighted by Gasteiger charge is 2.14. The maximum Gasteiger partial charge on any atom is 0.160 e. The van der Waals surface area contributed by atoms with Gasteiger partial charge in [0.2, 0.25) is 0 Å². The fourth-order valence-corrected chi connectivity index (χ4v) is 3.04. The van der Waals surface area contributed by atoms with Crippen molar-refractivity contribution in [1.82, 2.24) is 19.7 Å². The first kappa shape index (κ1) is 16.7. The molecule has 1 fully saturated rings. The number of aryl methyl sites for hydroxylation is 1. The minimum atomic E-state index is -0.244. The van der Waals surface area contributed by atoms with Crippen LogP contribution in [0.1, 0.15) is 11.4 Å². The number of anilines is 1. The van der Waals surface area contributed by atoms with Crippen LogP contribution in [0.3, 0.4) is 0 Å². The smallest absolute Gasteiger partial charge is 0.160 e. The van der Waals surface area contributed by atoms with Crippen LogP contribution in [0.5, 0.6) is 0 Å². The van der Waals surface area contributed by atoms with Crippen molar-refractivity contribution in [3.8, 4) is 11.4 Å². The van der Waals surface area contributed by atoms with Gasteiger partial charge in [0.05, 0.1) is 19.8 Å². The maximum absolute atomic E-state index is 13.1. The lowest BCUT2D eigenvalue weighted by Gasteiger charge is -2.27. The van der Waals surface area contributed by atoms with Crippen molar-refractivity contribution in [1.29, 1.82) is 0 Å². The van der Waals surface area contributed by atoms with Gasteiger partial charge in [0.15, 0.2) is 5.82 Å². The number of pyridine rings is 1. The van der Waals surface area contributed by atoms with Crippen LogP contribution < -0.4 is 4.90 Å². The summed E-state index contributed by atoms with van der Waals surface area (Å²) in [7, 11) is 0. The number of rotatable bonds is 4. The molecular formula is C19H20FN5O. The Morgan fingerprint density at radius 3 is 2.54 bits per heavy atom. The number of morpholine rings is 1. The summed E-state index contributed by atoms with van der Waals surface area (Å²) in [4.78, 5) is 11.3. The lowest BCUT2D eigenvalue weighted by Crippen LogP contribution is -2.36. The molecule has 0 N–H and O–H groups in total. The van der Waals surface area contributed by atoms with Gasteiger partial charge in [-0.1, -0.05) is 12.1 Å². The van der Waals surface area contributed by atoms with E-state index < -0.39 is 0 Å². The van der Waals surface area contributed by atoms with Gasteiger partial charge in [-0.3, -0.25) is 0 Å². The van der Waals surface area contributed by atoms with Crippen LogP contribution in [0, 0.1) is 12.7 Å². The van der Waals surface area contributed by atoms with Gasteiger partial charge >= 0.3 is 0 Å². The summed E-state index contributed by atoms with van der Waals surface area (Å²) >= 11 is 0. The summed E-state index contributed by atoms with van der Waals surface area (Å²) in [5, 5.41) is 4.47. The molecule has 1 aliphatic rings. The molecule has 0 aliphatic carbocycles. The average molecular weight is 353 g/mol. The van der Waals surface area contributed by atoms with Crippen molar-refractivity contribution >= 4 is 5.82 Å². The van der Waals surface area contributed by atoms with E-state index in [1.54, 1.807) is 12.1 Å². The zero-order valence-corrected chi connectivity index (χ0v) is 14.6. The van der Waals surface area contributed by atoms with Crippen LogP contribution in [0.25, 0.3) is 11.4 Å². The minimum absolute atomic E-state index is 0.244. The van der Waals surface area contributed by atoms with Crippen molar-refractivity contribution in [2.75, 3.05) is 31.2 Å². The number of halogens is 1. The standard InChI is InChI=1S/C19H20FN5O/c1-14-22-19(25(23-14)13-15-2-5-17(20)6-3-15)16-4-7-18(21-12-16)24-8-10-26-11-9-24/h2-7,12H,8-11,13H2,1H3. The second kappa shape index (κ2) is 7.21. The fourth-order valence-electron chi connectivity index (χ4n) is 3.04. The molecular weight excluding hydrogens is 333 g/mol. The topological polar surface area (TPSA) is 56.1 Å². The Morgan fingerprint density at radius 1 is 1.08 bits per heavy atom. The number of ether oxygens (including phenoxy) is 1. The first-order valence-corrected chi connectivity index (χ1v) is 8.64. The molecule has 134 valence electrons. The largest absolute Gasteiger partial charge is 0.378 e. The minimum Gasteiger partial charge on any atom is -0.378 e. The van der Waals surface area contributed by atoms with Gasteiger partial charge in [0.25, 0.3) is 0 Å². The summed E-state index contributed by atoms with van der Waals surface area (Å²) in [6.07, 6.45) is 1.83. The van der Waals surface area contributed by atoms with Gasteiger partial charge in [-0.2, -0.15) is 5.10 Å². The highest BCUT2D eigenvalue weighted by Crippen LogP contribution is 2.21. The van der Waals surface area contributed by atoms with Gasteiger partial charge in [0, 0.05) is 24.8 Å². The van der Waals surface area contributed by atoms with Crippen molar-refractivity contribution in [3.05, 3.63) is 59.8 Å². The second-order valence-electron chi connectivity index (χ2n) is 6.27. The van der Waals surface area contributed by atoms with Crippen molar-refractivity contribution in [2.45, 2.75) is 13.5 Å². The van der Waals surface area contributed by atoms with Crippen molar-refractivity contribution < 1.29 is 9.13 Å². The predicted molar refractivity (Wildman–Crippen MR) is 96.5 cm³/mol. The first-order chi connectivity index (χ1) is 12.7. The van der Waals surface area contributed by atoms with E-state index in [4.69, 9.17) is 4.74 Å². The van der Waals surface area contributed by atoms with Crippen LogP contribution in [-0.4, -0.2) is 46.1 Å². The fraction of sp³-hybridized carbons (Fsp3) is 0.316. The molecule has 0 spiro atoms. The van der Waals surface area contributed by atoms with Crippen LogP contribution in [0.4, 0.5) is 10.2 Å². The van der Waals surface area contributed by atoms with Gasteiger partial charge in [-0.25, -0.2) is 19.0 Å². The van der Waals surface area contributed by atoms with Crippen molar-refractivity contribution in [3.63, 3.8) is 0 Å². The van der Waals surface area contributed by atoms with E-state index in [-0.39, 0.29) is 5.82 Å². The first-order valence-electron chi connectivity index (χ1n) is 8.64. The SMILES string of the molecule is Cc1nc(-c2ccc(N3CCOCC3)nc2)n(Cc2ccc(F)cc2)n1. The Kier molecular flexibility index (Phi) is 4.62. The third kappa shape index (κ3) is 3.57. The third-order valence-corrected chi connectivity index (χ3v) is 4.36. The lowest BCUT2D eigenvalue weighted by atomic mass is 10.2. The second-order valence-corrected chi connectivity index (χ2v) is 6.27. The Bertz CT molecular complexity index is 870. The van der Waals surface area contributed by atoms with E-state index in [0.29, 0.717) is 12.4 Å². The van der Waals surface area contributed by atoms with Gasteiger partial charge in [-0.05, 0) is 36.8 Å². The van der Waals surface area contributed by atoms with Gasteiger partial charge in [-0.15, -0.1) is 0 Å². The monoisotopic (exact) mass is 353 g/mol. The molecule has 1 aromatic carbocycles. The molecule has 1 saturated heterocycles. The van der Waals surface area contributed by atoms with E-state index in [2.05, 4.69) is 20.0 Å². The molecule has 1 aliphatic heterocycles. The van der Waals surface area contributed by atoms with Crippen LogP contribution in [0.15, 0.2) is 42.6 Å². The Balaban J connectivity index is 1.58. The quantitative estimate of drug-likeness (QED) is 0.722. The van der Waals surface area contributed by atoms with E-state index in [0.717, 1.165) is 49.1 Å². The molecule has 3 aromatic rings. The maximum atomic E-state index is 13.1. The number of aromatic nitrogens is 4. The van der Waals surface area contributed by atoms with Gasteiger partial charge in [0.1, 0.15) is 17.5 Å². The van der Waals surface area contributed by atoms with E-state index in [1.807, 2.05) is 29.9 Å².